The molecule has 0 N–H and O–H groups in total. The number of rotatable bonds is 3. The Labute approximate surface area is 121 Å². The Morgan fingerprint density at radius 2 is 1.62 bits per heavy atom. The predicted octanol–water partition coefficient (Wildman–Crippen LogP) is 0.0864. The molecule has 1 aromatic heterocycles. The van der Waals surface area contributed by atoms with Crippen LogP contribution in [0.15, 0.2) is 21.7 Å². The highest BCUT2D eigenvalue weighted by atomic mass is 16.7. The molecule has 1 fully saturated rings. The molecule has 0 radical (unpaired) electrons. The zero-order valence-electron chi connectivity index (χ0n) is 12.1. The summed E-state index contributed by atoms with van der Waals surface area (Å²) in [7, 11) is 1.28. The van der Waals surface area contributed by atoms with Crippen LogP contribution in [-0.2, 0) is 16.4 Å². The minimum Gasteiger partial charge on any atom is -0.403 e. The van der Waals surface area contributed by atoms with Gasteiger partial charge in [-0.1, -0.05) is 31.9 Å². The summed E-state index contributed by atoms with van der Waals surface area (Å²) in [6.45, 7) is 2.13. The lowest BCUT2D eigenvalue weighted by atomic mass is 9.83. The summed E-state index contributed by atoms with van der Waals surface area (Å²) < 4.78 is 16.2. The Hall–Kier alpha value is -1.54. The van der Waals surface area contributed by atoms with Crippen molar-refractivity contribution in [1.82, 2.24) is 13.9 Å². The molecule has 3 aliphatic heterocycles. The SMILES string of the molecule is CCCCB1OC2C(O1)C1C=CC2n2c(=O)n(C)c(=O)n21. The highest BCUT2D eigenvalue weighted by Crippen LogP contribution is 2.42. The molecule has 5 rings (SSSR count). The van der Waals surface area contributed by atoms with Crippen LogP contribution in [-0.4, -0.2) is 33.3 Å². The molecule has 1 saturated heterocycles. The van der Waals surface area contributed by atoms with E-state index in [4.69, 9.17) is 9.31 Å². The van der Waals surface area contributed by atoms with Gasteiger partial charge in [-0.3, -0.25) is 0 Å². The van der Waals surface area contributed by atoms with Gasteiger partial charge in [0.15, 0.2) is 0 Å². The van der Waals surface area contributed by atoms with Crippen LogP contribution in [0.1, 0.15) is 31.8 Å². The average Bonchev–Trinajstić information content (AvgIpc) is 3.03. The summed E-state index contributed by atoms with van der Waals surface area (Å²) in [6.07, 6.45) is 6.54. The van der Waals surface area contributed by atoms with Crippen molar-refractivity contribution in [3.8, 4) is 0 Å². The van der Waals surface area contributed by atoms with Crippen LogP contribution in [0.5, 0.6) is 0 Å². The molecule has 0 aromatic carbocycles. The topological polar surface area (TPSA) is 67.4 Å². The van der Waals surface area contributed by atoms with Crippen LogP contribution < -0.4 is 11.4 Å². The smallest absolute Gasteiger partial charge is 0.403 e. The molecule has 2 bridgehead atoms. The number of hydrogen-bond donors (Lipinski definition) is 0. The Morgan fingerprint density at radius 3 is 2.10 bits per heavy atom. The van der Waals surface area contributed by atoms with E-state index in [0.717, 1.165) is 23.7 Å². The quantitative estimate of drug-likeness (QED) is 0.584. The number of unbranched alkanes of at least 4 members (excludes halogenated alkanes) is 1. The second-order valence-electron chi connectivity index (χ2n) is 5.95. The Balaban J connectivity index is 1.73. The summed E-state index contributed by atoms with van der Waals surface area (Å²) in [4.78, 5) is 24.5. The molecule has 1 aliphatic carbocycles. The molecule has 8 heteroatoms. The van der Waals surface area contributed by atoms with Crippen LogP contribution >= 0.6 is 0 Å². The molecule has 7 nitrogen and oxygen atoms in total. The first-order valence-corrected chi connectivity index (χ1v) is 7.52. The van der Waals surface area contributed by atoms with Crippen molar-refractivity contribution in [3.05, 3.63) is 33.1 Å². The van der Waals surface area contributed by atoms with Crippen molar-refractivity contribution in [2.75, 3.05) is 0 Å². The van der Waals surface area contributed by atoms with E-state index >= 15 is 0 Å². The molecular formula is C13H18BN3O4. The first-order chi connectivity index (χ1) is 10.1. The van der Waals surface area contributed by atoms with E-state index in [1.165, 1.54) is 16.4 Å². The van der Waals surface area contributed by atoms with Crippen LogP contribution in [0.25, 0.3) is 0 Å². The normalized spacial score (nSPS) is 32.6. The maximum atomic E-state index is 12.2. The summed E-state index contributed by atoms with van der Waals surface area (Å²) in [5.41, 5.74) is -0.586. The van der Waals surface area contributed by atoms with Crippen molar-refractivity contribution < 1.29 is 9.31 Å². The Kier molecular flexibility index (Phi) is 2.80. The fourth-order valence-corrected chi connectivity index (χ4v) is 3.60. The third-order valence-corrected chi connectivity index (χ3v) is 4.68. The van der Waals surface area contributed by atoms with E-state index in [1.54, 1.807) is 0 Å². The summed E-state index contributed by atoms with van der Waals surface area (Å²) >= 11 is 0. The van der Waals surface area contributed by atoms with Gasteiger partial charge in [0.2, 0.25) is 0 Å². The van der Waals surface area contributed by atoms with Crippen LogP contribution in [0, 0.1) is 0 Å². The van der Waals surface area contributed by atoms with Crippen molar-refractivity contribution in [2.45, 2.75) is 50.4 Å². The summed E-state index contributed by atoms with van der Waals surface area (Å²) in [5, 5.41) is 0. The van der Waals surface area contributed by atoms with Gasteiger partial charge < -0.3 is 9.31 Å². The highest BCUT2D eigenvalue weighted by molar-refractivity contribution is 6.45. The molecule has 4 aliphatic rings. The Morgan fingerprint density at radius 1 is 1.10 bits per heavy atom. The van der Waals surface area contributed by atoms with Gasteiger partial charge in [-0.15, -0.1) is 0 Å². The van der Waals surface area contributed by atoms with Crippen molar-refractivity contribution in [3.63, 3.8) is 0 Å². The minimum atomic E-state index is -0.293. The second-order valence-corrected chi connectivity index (χ2v) is 5.95. The van der Waals surface area contributed by atoms with E-state index in [2.05, 4.69) is 6.92 Å². The molecule has 21 heavy (non-hydrogen) atoms. The van der Waals surface area contributed by atoms with Gasteiger partial charge >= 0.3 is 18.5 Å². The third kappa shape index (κ3) is 1.63. The van der Waals surface area contributed by atoms with Gasteiger partial charge in [0.25, 0.3) is 0 Å². The first kappa shape index (κ1) is 13.2. The molecule has 4 atom stereocenters. The maximum Gasteiger partial charge on any atom is 0.457 e. The molecule has 0 saturated carbocycles. The summed E-state index contributed by atoms with van der Waals surface area (Å²) in [6, 6.07) is -0.513. The average molecular weight is 291 g/mol. The fraction of sp³-hybridized carbons (Fsp3) is 0.692. The molecule has 0 spiro atoms. The number of aromatic nitrogens is 3. The molecule has 4 heterocycles. The van der Waals surface area contributed by atoms with Crippen LogP contribution in [0.3, 0.4) is 0 Å². The number of hydrogen-bond acceptors (Lipinski definition) is 4. The van der Waals surface area contributed by atoms with E-state index in [0.29, 0.717) is 0 Å². The van der Waals surface area contributed by atoms with E-state index in [1.807, 2.05) is 12.2 Å². The van der Waals surface area contributed by atoms with Gasteiger partial charge in [-0.05, 0) is 6.32 Å². The van der Waals surface area contributed by atoms with Crippen LogP contribution in [0.4, 0.5) is 0 Å². The number of nitrogens with zero attached hydrogens (tertiary/aromatic N) is 3. The van der Waals surface area contributed by atoms with Crippen molar-refractivity contribution in [2.24, 2.45) is 7.05 Å². The van der Waals surface area contributed by atoms with Gasteiger partial charge in [0.05, 0.1) is 12.2 Å². The minimum absolute atomic E-state index is 0.179. The Bertz CT molecular complexity index is 664. The molecule has 4 unspecified atom stereocenters. The zero-order valence-corrected chi connectivity index (χ0v) is 12.1. The van der Waals surface area contributed by atoms with Crippen LogP contribution in [0.2, 0.25) is 6.32 Å². The molecule has 1 aromatic rings. The van der Waals surface area contributed by atoms with Gasteiger partial charge in [-0.25, -0.2) is 23.5 Å². The third-order valence-electron chi connectivity index (χ3n) is 4.68. The van der Waals surface area contributed by atoms with Crippen molar-refractivity contribution >= 4 is 7.12 Å². The predicted molar refractivity (Wildman–Crippen MR) is 76.4 cm³/mol. The lowest BCUT2D eigenvalue weighted by Crippen LogP contribution is -2.53. The fourth-order valence-electron chi connectivity index (χ4n) is 3.60. The standard InChI is InChI=1S/C13H18BN3O4/c1-3-4-7-14-20-10-8-5-6-9(11(10)21-14)17-13(19)15(2)12(18)16(8)17/h5-6,8-11H,3-4,7H2,1-2H3. The monoisotopic (exact) mass is 291 g/mol. The largest absolute Gasteiger partial charge is 0.457 e. The van der Waals surface area contributed by atoms with Gasteiger partial charge in [-0.2, -0.15) is 0 Å². The maximum absolute atomic E-state index is 12.2. The second kappa shape index (κ2) is 4.48. The van der Waals surface area contributed by atoms with E-state index in [-0.39, 0.29) is 42.8 Å². The summed E-state index contributed by atoms with van der Waals surface area (Å²) in [5.74, 6) is 0. The van der Waals surface area contributed by atoms with E-state index < -0.39 is 0 Å². The zero-order chi connectivity index (χ0) is 14.7. The van der Waals surface area contributed by atoms with Gasteiger partial charge in [0, 0.05) is 7.05 Å². The molecular weight excluding hydrogens is 273 g/mol. The molecule has 0 amide bonds. The van der Waals surface area contributed by atoms with Crippen molar-refractivity contribution in [1.29, 1.82) is 0 Å². The van der Waals surface area contributed by atoms with Gasteiger partial charge in [0.1, 0.15) is 12.1 Å². The first-order valence-electron chi connectivity index (χ1n) is 7.52. The molecule has 112 valence electrons. The lowest BCUT2D eigenvalue weighted by Gasteiger charge is -2.41. The lowest BCUT2D eigenvalue weighted by molar-refractivity contribution is 0.0271. The highest BCUT2D eigenvalue weighted by Gasteiger charge is 2.54. The van der Waals surface area contributed by atoms with E-state index in [9.17, 15) is 9.59 Å².